The molecule has 6 heteroatoms. The second kappa shape index (κ2) is 18.1. The maximum absolute atomic E-state index is 12.2. The molecular weight excluding hydrogens is 412 g/mol. The number of anilines is 1. The average molecular weight is 455 g/mol. The SMILES string of the molecule is CCCCCCCCCOc1ccccc1NC(=O)OCCCN1CCCCCC1.Cl. The number of amides is 1. The number of carbonyl (C=O) groups excluding carboxylic acids is 1. The van der Waals surface area contributed by atoms with Gasteiger partial charge in [0.1, 0.15) is 5.75 Å². The van der Waals surface area contributed by atoms with Crippen LogP contribution in [-0.4, -0.2) is 43.8 Å². The lowest BCUT2D eigenvalue weighted by Crippen LogP contribution is -2.27. The summed E-state index contributed by atoms with van der Waals surface area (Å²) in [5.41, 5.74) is 0.679. The monoisotopic (exact) mass is 454 g/mol. The fourth-order valence-electron chi connectivity index (χ4n) is 3.90. The number of halogens is 1. The van der Waals surface area contributed by atoms with Crippen LogP contribution in [0.2, 0.25) is 0 Å². The van der Waals surface area contributed by atoms with Gasteiger partial charge in [-0.3, -0.25) is 5.32 Å². The number of unbranched alkanes of at least 4 members (excludes halogenated alkanes) is 6. The highest BCUT2D eigenvalue weighted by Crippen LogP contribution is 2.24. The van der Waals surface area contributed by atoms with Crippen molar-refractivity contribution >= 4 is 24.2 Å². The maximum atomic E-state index is 12.2. The molecule has 1 fully saturated rings. The molecule has 1 amide bonds. The molecule has 0 unspecified atom stereocenters. The van der Waals surface area contributed by atoms with Gasteiger partial charge in [-0.15, -0.1) is 12.4 Å². The molecule has 0 aromatic heterocycles. The lowest BCUT2D eigenvalue weighted by Gasteiger charge is -2.19. The smallest absolute Gasteiger partial charge is 0.411 e. The van der Waals surface area contributed by atoms with Crippen LogP contribution in [0.25, 0.3) is 0 Å². The van der Waals surface area contributed by atoms with E-state index in [9.17, 15) is 4.79 Å². The highest BCUT2D eigenvalue weighted by atomic mass is 35.5. The molecular formula is C25H43ClN2O3. The number of hydrogen-bond donors (Lipinski definition) is 1. The van der Waals surface area contributed by atoms with E-state index in [2.05, 4.69) is 17.1 Å². The number of likely N-dealkylation sites (tertiary alicyclic amines) is 1. The van der Waals surface area contributed by atoms with E-state index < -0.39 is 6.09 Å². The average Bonchev–Trinajstić information content (AvgIpc) is 3.03. The van der Waals surface area contributed by atoms with Crippen LogP contribution in [0, 0.1) is 0 Å². The number of nitrogens with zero attached hydrogens (tertiary/aromatic N) is 1. The van der Waals surface area contributed by atoms with E-state index in [-0.39, 0.29) is 12.4 Å². The van der Waals surface area contributed by atoms with Gasteiger partial charge in [0.05, 0.1) is 18.9 Å². The Hall–Kier alpha value is -1.46. The molecule has 1 saturated heterocycles. The van der Waals surface area contributed by atoms with Gasteiger partial charge in [-0.05, 0) is 50.9 Å². The fraction of sp³-hybridized carbons (Fsp3) is 0.720. The summed E-state index contributed by atoms with van der Waals surface area (Å²) in [6.45, 7) is 6.73. The van der Waals surface area contributed by atoms with E-state index >= 15 is 0 Å². The lowest BCUT2D eigenvalue weighted by atomic mass is 10.1. The third-order valence-corrected chi connectivity index (χ3v) is 5.68. The van der Waals surface area contributed by atoms with Gasteiger partial charge in [-0.25, -0.2) is 4.79 Å². The molecule has 1 heterocycles. The van der Waals surface area contributed by atoms with Gasteiger partial charge in [0, 0.05) is 6.54 Å². The van der Waals surface area contributed by atoms with E-state index in [0.29, 0.717) is 24.7 Å². The van der Waals surface area contributed by atoms with Crippen LogP contribution in [0.15, 0.2) is 24.3 Å². The Morgan fingerprint density at radius 3 is 2.32 bits per heavy atom. The standard InChI is InChI=1S/C25H42N2O3.ClH/c1-2-3-4-5-6-9-14-21-29-24-17-11-10-16-23(24)26-25(28)30-22-15-20-27-18-12-7-8-13-19-27;/h10-11,16-17H,2-9,12-15,18-22H2,1H3,(H,26,28);1H. The first kappa shape index (κ1) is 27.6. The Bertz CT molecular complexity index is 578. The van der Waals surface area contributed by atoms with E-state index in [1.165, 1.54) is 77.3 Å². The molecule has 0 bridgehead atoms. The van der Waals surface area contributed by atoms with Crippen LogP contribution in [0.4, 0.5) is 10.5 Å². The molecule has 0 saturated carbocycles. The molecule has 0 spiro atoms. The van der Waals surface area contributed by atoms with Crippen LogP contribution >= 0.6 is 12.4 Å². The molecule has 1 aliphatic heterocycles. The molecule has 0 radical (unpaired) electrons. The van der Waals surface area contributed by atoms with Gasteiger partial charge in [-0.2, -0.15) is 0 Å². The van der Waals surface area contributed by atoms with Crippen molar-refractivity contribution in [3.8, 4) is 5.75 Å². The lowest BCUT2D eigenvalue weighted by molar-refractivity contribution is 0.152. The van der Waals surface area contributed by atoms with E-state index in [0.717, 1.165) is 19.4 Å². The van der Waals surface area contributed by atoms with Crippen molar-refractivity contribution in [1.29, 1.82) is 0 Å². The van der Waals surface area contributed by atoms with Crippen molar-refractivity contribution in [3.63, 3.8) is 0 Å². The Morgan fingerprint density at radius 2 is 1.58 bits per heavy atom. The maximum Gasteiger partial charge on any atom is 0.411 e. The summed E-state index contributed by atoms with van der Waals surface area (Å²) in [5.74, 6) is 0.713. The molecule has 1 aliphatic rings. The Labute approximate surface area is 195 Å². The molecule has 1 N–H and O–H groups in total. The number of hydrogen-bond acceptors (Lipinski definition) is 4. The minimum Gasteiger partial charge on any atom is -0.491 e. The summed E-state index contributed by atoms with van der Waals surface area (Å²) >= 11 is 0. The van der Waals surface area contributed by atoms with Crippen molar-refractivity contribution in [2.75, 3.05) is 38.2 Å². The van der Waals surface area contributed by atoms with E-state index in [1.807, 2.05) is 24.3 Å². The summed E-state index contributed by atoms with van der Waals surface area (Å²) in [7, 11) is 0. The first-order valence-corrected chi connectivity index (χ1v) is 12.2. The van der Waals surface area contributed by atoms with Crippen LogP contribution < -0.4 is 10.1 Å². The van der Waals surface area contributed by atoms with Crippen molar-refractivity contribution in [3.05, 3.63) is 24.3 Å². The first-order chi connectivity index (χ1) is 14.8. The Morgan fingerprint density at radius 1 is 0.903 bits per heavy atom. The summed E-state index contributed by atoms with van der Waals surface area (Å²) in [4.78, 5) is 14.7. The summed E-state index contributed by atoms with van der Waals surface area (Å²) in [6, 6.07) is 7.59. The topological polar surface area (TPSA) is 50.8 Å². The Kier molecular flexibility index (Phi) is 16.1. The number of nitrogens with one attached hydrogen (secondary N) is 1. The van der Waals surface area contributed by atoms with Crippen LogP contribution in [0.1, 0.15) is 84.0 Å². The molecule has 0 atom stereocenters. The molecule has 2 rings (SSSR count). The van der Waals surface area contributed by atoms with Gasteiger partial charge in [0.2, 0.25) is 0 Å². The predicted octanol–water partition coefficient (Wildman–Crippen LogP) is 7.05. The molecule has 31 heavy (non-hydrogen) atoms. The Balaban J connectivity index is 0.00000480. The normalized spacial score (nSPS) is 14.4. The number of ether oxygens (including phenoxy) is 2. The van der Waals surface area contributed by atoms with Crippen molar-refractivity contribution in [2.24, 2.45) is 0 Å². The van der Waals surface area contributed by atoms with E-state index in [4.69, 9.17) is 9.47 Å². The van der Waals surface area contributed by atoms with E-state index in [1.54, 1.807) is 0 Å². The summed E-state index contributed by atoms with van der Waals surface area (Å²) < 4.78 is 11.3. The quantitative estimate of drug-likeness (QED) is 0.306. The van der Waals surface area contributed by atoms with Crippen LogP contribution in [-0.2, 0) is 4.74 Å². The zero-order valence-electron chi connectivity index (χ0n) is 19.4. The number of para-hydroxylation sites is 2. The van der Waals surface area contributed by atoms with Gasteiger partial charge in [-0.1, -0.05) is 70.4 Å². The highest BCUT2D eigenvalue weighted by Gasteiger charge is 2.11. The number of benzene rings is 1. The van der Waals surface area contributed by atoms with Gasteiger partial charge in [0.15, 0.2) is 0 Å². The summed E-state index contributed by atoms with van der Waals surface area (Å²) in [5, 5.41) is 2.83. The molecule has 1 aromatic rings. The zero-order valence-corrected chi connectivity index (χ0v) is 20.2. The molecule has 1 aromatic carbocycles. The van der Waals surface area contributed by atoms with Gasteiger partial charge in [0.25, 0.3) is 0 Å². The third-order valence-electron chi connectivity index (χ3n) is 5.68. The van der Waals surface area contributed by atoms with Crippen molar-refractivity contribution in [1.82, 2.24) is 4.90 Å². The third kappa shape index (κ3) is 12.9. The minimum absolute atomic E-state index is 0. The molecule has 178 valence electrons. The second-order valence-electron chi connectivity index (χ2n) is 8.34. The van der Waals surface area contributed by atoms with Gasteiger partial charge >= 0.3 is 6.09 Å². The number of carbonyl (C=O) groups is 1. The predicted molar refractivity (Wildman–Crippen MR) is 132 cm³/mol. The second-order valence-corrected chi connectivity index (χ2v) is 8.34. The largest absolute Gasteiger partial charge is 0.491 e. The van der Waals surface area contributed by atoms with Gasteiger partial charge < -0.3 is 14.4 Å². The van der Waals surface area contributed by atoms with Crippen LogP contribution in [0.3, 0.4) is 0 Å². The minimum atomic E-state index is -0.405. The van der Waals surface area contributed by atoms with Crippen LogP contribution in [0.5, 0.6) is 5.75 Å². The van der Waals surface area contributed by atoms with Crippen molar-refractivity contribution < 1.29 is 14.3 Å². The first-order valence-electron chi connectivity index (χ1n) is 12.2. The van der Waals surface area contributed by atoms with Crippen molar-refractivity contribution in [2.45, 2.75) is 84.0 Å². The molecule has 5 nitrogen and oxygen atoms in total. The molecule has 0 aliphatic carbocycles. The zero-order chi connectivity index (χ0) is 21.3. The fourth-order valence-corrected chi connectivity index (χ4v) is 3.90. The highest BCUT2D eigenvalue weighted by molar-refractivity contribution is 5.86. The number of rotatable bonds is 14. The summed E-state index contributed by atoms with van der Waals surface area (Å²) in [6.07, 6.45) is 14.5.